The zero-order valence-electron chi connectivity index (χ0n) is 36.0. The number of hydrogen-bond donors (Lipinski definition) is 1. The van der Waals surface area contributed by atoms with Crippen molar-refractivity contribution < 1.29 is 181 Å². The predicted molar refractivity (Wildman–Crippen MR) is 177 cm³/mol. The van der Waals surface area contributed by atoms with Gasteiger partial charge in [0.25, 0.3) is 0 Å². The summed E-state index contributed by atoms with van der Waals surface area (Å²) < 4.78 is 418. The third-order valence-corrected chi connectivity index (χ3v) is 8.62. The number of carboxylic acids is 1. The number of ether oxygens (including phenoxy) is 11. The van der Waals surface area contributed by atoms with Gasteiger partial charge in [-0.2, -0.15) is 119 Å². The largest absolute Gasteiger partial charge is 0.480 e. The second kappa shape index (κ2) is 27.5. The molecule has 0 atom stereocenters. The van der Waals surface area contributed by atoms with E-state index in [-0.39, 0.29) is 66.1 Å². The fourth-order valence-electron chi connectivity index (χ4n) is 5.10. The van der Waals surface area contributed by atoms with E-state index in [1.807, 2.05) is 0 Å². The fourth-order valence-corrected chi connectivity index (χ4v) is 5.10. The van der Waals surface area contributed by atoms with Gasteiger partial charge in [0.2, 0.25) is 0 Å². The number of halogens is 27. The molecule has 0 aliphatic carbocycles. The van der Waals surface area contributed by atoms with Crippen LogP contribution in [0.25, 0.3) is 0 Å². The Morgan fingerprint density at radius 1 is 0.260 bits per heavy atom. The lowest BCUT2D eigenvalue weighted by atomic mass is 9.89. The number of rotatable bonds is 34. The van der Waals surface area contributed by atoms with Gasteiger partial charge in [0.1, 0.15) is 6.61 Å². The Bertz CT molecular complexity index is 1330. The molecule has 0 aromatic heterocycles. The highest BCUT2D eigenvalue weighted by Gasteiger charge is 2.88. The van der Waals surface area contributed by atoms with Gasteiger partial charge in [-0.25, -0.2) is 4.79 Å². The Morgan fingerprint density at radius 2 is 0.425 bits per heavy atom. The van der Waals surface area contributed by atoms with Crippen LogP contribution in [0.2, 0.25) is 0 Å². The molecule has 0 fully saturated rings. The lowest BCUT2D eigenvalue weighted by Gasteiger charge is -2.45. The second-order valence-corrected chi connectivity index (χ2v) is 14.1. The summed E-state index contributed by atoms with van der Waals surface area (Å²) in [5, 5.41) is 8.40. The maximum Gasteiger partial charge on any atom is 0.435 e. The van der Waals surface area contributed by atoms with Crippen LogP contribution in [0.1, 0.15) is 0 Å². The third kappa shape index (κ3) is 19.3. The molecule has 13 nitrogen and oxygen atoms in total. The summed E-state index contributed by atoms with van der Waals surface area (Å²) >= 11 is 0. The summed E-state index contributed by atoms with van der Waals surface area (Å²) in [6.07, 6.45) is -72.7. The summed E-state index contributed by atoms with van der Waals surface area (Å²) in [5.41, 5.74) is -29.0. The van der Waals surface area contributed by atoms with E-state index in [9.17, 15) is 123 Å². The Morgan fingerprint density at radius 3 is 0.589 bits per heavy atom. The highest BCUT2D eigenvalue weighted by molar-refractivity contribution is 5.67. The van der Waals surface area contributed by atoms with Gasteiger partial charge in [-0.1, -0.05) is 0 Å². The first-order valence-corrected chi connectivity index (χ1v) is 19.1. The Kier molecular flexibility index (Phi) is 26.4. The van der Waals surface area contributed by atoms with Crippen LogP contribution in [0.5, 0.6) is 0 Å². The average molecular weight is 1160 g/mol. The van der Waals surface area contributed by atoms with E-state index in [1.165, 1.54) is 0 Å². The minimum absolute atomic E-state index is 0.00508. The molecular formula is C33H39F27O13. The van der Waals surface area contributed by atoms with Crippen molar-refractivity contribution in [2.45, 2.75) is 72.4 Å². The molecule has 0 unspecified atom stereocenters. The molecule has 0 aliphatic rings. The van der Waals surface area contributed by atoms with Gasteiger partial charge >= 0.3 is 78.4 Å². The van der Waals surface area contributed by atoms with E-state index >= 15 is 0 Å². The third-order valence-electron chi connectivity index (χ3n) is 8.62. The summed E-state index contributed by atoms with van der Waals surface area (Å²) in [4.78, 5) is 10.3. The summed E-state index contributed by atoms with van der Waals surface area (Å²) in [5.74, 6) is -1.17. The highest BCUT2D eigenvalue weighted by atomic mass is 19.5. The fraction of sp³-hybridized carbons (Fsp3) is 0.970. The molecule has 1 N–H and O–H groups in total. The summed E-state index contributed by atoms with van der Waals surface area (Å²) in [6, 6.07) is 0. The van der Waals surface area contributed by atoms with Crippen LogP contribution in [0.3, 0.4) is 0 Å². The molecule has 0 heterocycles. The van der Waals surface area contributed by atoms with Crippen molar-refractivity contribution in [2.75, 3.05) is 126 Å². The highest BCUT2D eigenvalue weighted by Crippen LogP contribution is 2.59. The van der Waals surface area contributed by atoms with Gasteiger partial charge in [0.05, 0.1) is 124 Å². The number of carbonyl (C=O) groups is 1. The standard InChI is InChI=1S/C33H39F27O13/c34-25(35,36)22(26(37,38)39,27(40,41)42)71-17-21(18-72-23(28(43,44)45,29(46,47)48)30(49,50)51,19-73-24(31(52,53)54,32(55,56)57)33(58,59)60)16-70-14-12-68-10-8-66-6-4-64-2-1-63-3-5-65-7-9-67-11-13-69-15-20(61)62/h1-19H2,(H,61,62). The van der Waals surface area contributed by atoms with E-state index in [2.05, 4.69) is 18.9 Å². The van der Waals surface area contributed by atoms with Crippen molar-refractivity contribution in [3.8, 4) is 0 Å². The molecule has 0 amide bonds. The van der Waals surface area contributed by atoms with Crippen molar-refractivity contribution in [3.63, 3.8) is 0 Å². The SMILES string of the molecule is O=C(O)COCCOCCOCCOCCOCCOCCOCCOCC(COC(C(F)(F)F)(C(F)(F)F)C(F)(F)F)(COC(C(F)(F)F)(C(F)(F)F)C(F)(F)F)COC(C(F)(F)F)(C(F)(F)F)C(F)(F)F. The maximum absolute atomic E-state index is 13.7. The molecule has 0 saturated carbocycles. The van der Waals surface area contributed by atoms with Crippen LogP contribution >= 0.6 is 0 Å². The molecule has 0 spiro atoms. The summed E-state index contributed by atoms with van der Waals surface area (Å²) in [6.45, 7) is -19.5. The molecule has 0 radical (unpaired) electrons. The molecule has 40 heteroatoms. The number of aliphatic carboxylic acids is 1. The molecule has 0 saturated heterocycles. The zero-order chi connectivity index (χ0) is 57.3. The second-order valence-electron chi connectivity index (χ2n) is 14.1. The Labute approximate surface area is 390 Å². The molecule has 0 bridgehead atoms. The molecule has 0 aromatic carbocycles. The van der Waals surface area contributed by atoms with E-state index in [0.29, 0.717) is 0 Å². The molecule has 0 aromatic rings. The lowest BCUT2D eigenvalue weighted by molar-refractivity contribution is -0.474. The van der Waals surface area contributed by atoms with Crippen LogP contribution in [0.15, 0.2) is 0 Å². The first-order valence-electron chi connectivity index (χ1n) is 19.1. The Balaban J connectivity index is 6.42. The lowest BCUT2D eigenvalue weighted by Crippen LogP contribution is -2.71. The molecule has 0 aliphatic heterocycles. The van der Waals surface area contributed by atoms with E-state index in [0.717, 1.165) is 0 Å². The van der Waals surface area contributed by atoms with Crippen molar-refractivity contribution in [2.24, 2.45) is 5.41 Å². The van der Waals surface area contributed by atoms with Gasteiger partial charge in [-0.15, -0.1) is 0 Å². The number of alkyl halides is 27. The van der Waals surface area contributed by atoms with Gasteiger partial charge in [0, 0.05) is 0 Å². The maximum atomic E-state index is 13.7. The molecule has 438 valence electrons. The van der Waals surface area contributed by atoms with Crippen LogP contribution in [-0.2, 0) is 56.9 Å². The van der Waals surface area contributed by atoms with Crippen LogP contribution in [0, 0.1) is 5.41 Å². The average Bonchev–Trinajstić information content (AvgIpc) is 3.15. The smallest absolute Gasteiger partial charge is 0.435 e. The van der Waals surface area contributed by atoms with Gasteiger partial charge in [0.15, 0.2) is 0 Å². The number of hydrogen-bond acceptors (Lipinski definition) is 12. The molecule has 0 rings (SSSR count). The van der Waals surface area contributed by atoms with Crippen LogP contribution in [0.4, 0.5) is 119 Å². The quantitative estimate of drug-likeness (QED) is 0.0487. The van der Waals surface area contributed by atoms with Gasteiger partial charge < -0.3 is 57.2 Å². The predicted octanol–water partition coefficient (Wildman–Crippen LogP) is 8.52. The van der Waals surface area contributed by atoms with Crippen molar-refractivity contribution in [1.29, 1.82) is 0 Å². The van der Waals surface area contributed by atoms with E-state index in [4.69, 9.17) is 38.3 Å². The summed E-state index contributed by atoms with van der Waals surface area (Å²) in [7, 11) is 0. The van der Waals surface area contributed by atoms with Crippen LogP contribution < -0.4 is 0 Å². The van der Waals surface area contributed by atoms with Crippen molar-refractivity contribution in [1.82, 2.24) is 0 Å². The monoisotopic (exact) mass is 1160 g/mol. The normalized spacial score (nSPS) is 14.9. The first kappa shape index (κ1) is 70.1. The van der Waals surface area contributed by atoms with Crippen LogP contribution in [-0.4, -0.2) is 209 Å². The molecule has 73 heavy (non-hydrogen) atoms. The van der Waals surface area contributed by atoms with Crippen molar-refractivity contribution in [3.05, 3.63) is 0 Å². The van der Waals surface area contributed by atoms with Gasteiger partial charge in [-0.3, -0.25) is 0 Å². The molecular weight excluding hydrogens is 1120 g/mol. The van der Waals surface area contributed by atoms with Gasteiger partial charge in [-0.05, 0) is 0 Å². The minimum Gasteiger partial charge on any atom is -0.480 e. The minimum atomic E-state index is -8.07. The van der Waals surface area contributed by atoms with E-state index in [1.54, 1.807) is 0 Å². The zero-order valence-corrected chi connectivity index (χ0v) is 36.0. The Hall–Kier alpha value is -2.86. The van der Waals surface area contributed by atoms with Crippen molar-refractivity contribution >= 4 is 5.97 Å². The first-order chi connectivity index (χ1) is 32.8. The topological polar surface area (TPSA) is 139 Å². The number of carboxylic acid groups (broad SMARTS) is 1. The van der Waals surface area contributed by atoms with E-state index < -0.39 is 143 Å².